The minimum Gasteiger partial charge on any atom is -0.393 e. The van der Waals surface area contributed by atoms with Crippen LogP contribution in [0, 0.1) is 23.2 Å². The third-order valence-corrected chi connectivity index (χ3v) is 5.47. The van der Waals surface area contributed by atoms with Gasteiger partial charge in [-0.1, -0.05) is 20.8 Å². The van der Waals surface area contributed by atoms with Gasteiger partial charge in [0.15, 0.2) is 0 Å². The molecule has 2 heteroatoms. The van der Waals surface area contributed by atoms with Crippen molar-refractivity contribution in [2.45, 2.75) is 58.7 Å². The summed E-state index contributed by atoms with van der Waals surface area (Å²) in [5.74, 6) is 1.49. The minimum atomic E-state index is -0.164. The van der Waals surface area contributed by atoms with Gasteiger partial charge in [-0.05, 0) is 48.9 Å². The van der Waals surface area contributed by atoms with Crippen molar-refractivity contribution >= 4 is 0 Å². The van der Waals surface area contributed by atoms with Crippen LogP contribution in [-0.4, -0.2) is 22.4 Å². The van der Waals surface area contributed by atoms with Crippen LogP contribution >= 0.6 is 0 Å². The van der Waals surface area contributed by atoms with E-state index in [4.69, 9.17) is 0 Å². The highest BCUT2D eigenvalue weighted by Crippen LogP contribution is 2.54. The van der Waals surface area contributed by atoms with Crippen LogP contribution in [0.1, 0.15) is 46.5 Å². The molecule has 0 spiro atoms. The van der Waals surface area contributed by atoms with E-state index in [0.717, 1.165) is 25.7 Å². The van der Waals surface area contributed by atoms with Crippen molar-refractivity contribution in [3.05, 3.63) is 0 Å². The van der Waals surface area contributed by atoms with Crippen molar-refractivity contribution < 1.29 is 10.2 Å². The molecule has 0 aromatic heterocycles. The predicted octanol–water partition coefficient (Wildman–Crippen LogP) is 2.19. The van der Waals surface area contributed by atoms with Gasteiger partial charge in [-0.2, -0.15) is 0 Å². The quantitative estimate of drug-likeness (QED) is 0.646. The van der Waals surface area contributed by atoms with Gasteiger partial charge >= 0.3 is 0 Å². The van der Waals surface area contributed by atoms with Gasteiger partial charge in [0.2, 0.25) is 0 Å². The zero-order chi connectivity index (χ0) is 11.2. The van der Waals surface area contributed by atoms with E-state index >= 15 is 0 Å². The second-order valence-corrected chi connectivity index (χ2v) is 6.08. The van der Waals surface area contributed by atoms with Crippen LogP contribution < -0.4 is 0 Å². The standard InChI is InChI=1S/C13H24O2/c1-8-9(2)13(3)5-4-11(14)6-10(13)7-12(8)15/h8-12,14-15H,4-7H2,1-3H3/t8?,9-,10-,11-,12+,13+/m0/s1. The Morgan fingerprint density at radius 3 is 2.47 bits per heavy atom. The maximum atomic E-state index is 10.0. The van der Waals surface area contributed by atoms with Crippen LogP contribution in [0.2, 0.25) is 0 Å². The van der Waals surface area contributed by atoms with Crippen LogP contribution in [0.3, 0.4) is 0 Å². The second kappa shape index (κ2) is 3.74. The topological polar surface area (TPSA) is 40.5 Å². The summed E-state index contributed by atoms with van der Waals surface area (Å²) in [5.41, 5.74) is 0.345. The molecule has 6 atom stereocenters. The van der Waals surface area contributed by atoms with Gasteiger partial charge in [-0.15, -0.1) is 0 Å². The minimum absolute atomic E-state index is 0.129. The molecule has 2 rings (SSSR count). The molecule has 0 heterocycles. The summed E-state index contributed by atoms with van der Waals surface area (Å²) in [6.07, 6.45) is 3.56. The number of fused-ring (bicyclic) bond motifs is 1. The first kappa shape index (κ1) is 11.4. The maximum Gasteiger partial charge on any atom is 0.0571 e. The van der Waals surface area contributed by atoms with E-state index in [1.807, 2.05) is 0 Å². The van der Waals surface area contributed by atoms with Gasteiger partial charge in [-0.25, -0.2) is 0 Å². The van der Waals surface area contributed by atoms with E-state index in [-0.39, 0.29) is 12.2 Å². The molecule has 88 valence electrons. The van der Waals surface area contributed by atoms with Crippen LogP contribution in [0.4, 0.5) is 0 Å². The average Bonchev–Trinajstić information content (AvgIpc) is 2.19. The molecular formula is C13H24O2. The van der Waals surface area contributed by atoms with Crippen molar-refractivity contribution in [1.82, 2.24) is 0 Å². The molecule has 2 N–H and O–H groups in total. The Kier molecular flexibility index (Phi) is 2.85. The lowest BCUT2D eigenvalue weighted by Crippen LogP contribution is -2.50. The van der Waals surface area contributed by atoms with Crippen LogP contribution in [0.15, 0.2) is 0 Å². The molecule has 0 bridgehead atoms. The summed E-state index contributed by atoms with van der Waals surface area (Å²) in [4.78, 5) is 0. The molecule has 1 unspecified atom stereocenters. The first-order chi connectivity index (χ1) is 6.95. The van der Waals surface area contributed by atoms with Gasteiger partial charge in [-0.3, -0.25) is 0 Å². The molecular weight excluding hydrogens is 188 g/mol. The van der Waals surface area contributed by atoms with E-state index in [1.165, 1.54) is 0 Å². The zero-order valence-electron chi connectivity index (χ0n) is 10.1. The molecule has 2 aliphatic rings. The summed E-state index contributed by atoms with van der Waals surface area (Å²) in [5, 5.41) is 19.7. The summed E-state index contributed by atoms with van der Waals surface area (Å²) in [6, 6.07) is 0. The Morgan fingerprint density at radius 1 is 1.13 bits per heavy atom. The molecule has 0 aromatic carbocycles. The highest BCUT2D eigenvalue weighted by Gasteiger charge is 2.50. The largest absolute Gasteiger partial charge is 0.393 e. The monoisotopic (exact) mass is 212 g/mol. The van der Waals surface area contributed by atoms with Gasteiger partial charge in [0.1, 0.15) is 0 Å². The lowest BCUT2D eigenvalue weighted by atomic mass is 9.52. The normalized spacial score (nSPS) is 56.2. The molecule has 0 radical (unpaired) electrons. The number of hydrogen-bond acceptors (Lipinski definition) is 2. The van der Waals surface area contributed by atoms with E-state index in [2.05, 4.69) is 20.8 Å². The molecule has 0 aromatic rings. The van der Waals surface area contributed by atoms with Crippen LogP contribution in [0.25, 0.3) is 0 Å². The fraction of sp³-hybridized carbons (Fsp3) is 1.00. The number of aliphatic hydroxyl groups excluding tert-OH is 2. The van der Waals surface area contributed by atoms with Crippen LogP contribution in [0.5, 0.6) is 0 Å². The van der Waals surface area contributed by atoms with Gasteiger partial charge in [0.25, 0.3) is 0 Å². The molecule has 0 saturated heterocycles. The molecule has 2 nitrogen and oxygen atoms in total. The molecule has 0 aliphatic heterocycles. The highest BCUT2D eigenvalue weighted by molar-refractivity contribution is 4.99. The van der Waals surface area contributed by atoms with Crippen molar-refractivity contribution in [3.63, 3.8) is 0 Å². The van der Waals surface area contributed by atoms with Crippen molar-refractivity contribution in [2.24, 2.45) is 23.2 Å². The Balaban J connectivity index is 2.20. The summed E-state index contributed by atoms with van der Waals surface area (Å²) < 4.78 is 0. The maximum absolute atomic E-state index is 10.0. The lowest BCUT2D eigenvalue weighted by molar-refractivity contribution is -0.109. The second-order valence-electron chi connectivity index (χ2n) is 6.08. The SMILES string of the molecule is CC1[C@H](O)C[C@@H]2C[C@@H](O)CC[C@]2(C)[C@H]1C. The predicted molar refractivity (Wildman–Crippen MR) is 60.4 cm³/mol. The van der Waals surface area contributed by atoms with Gasteiger partial charge < -0.3 is 10.2 Å². The summed E-state index contributed by atoms with van der Waals surface area (Å²) in [7, 11) is 0. The number of hydrogen-bond donors (Lipinski definition) is 2. The summed E-state index contributed by atoms with van der Waals surface area (Å²) in [6.45, 7) is 6.80. The number of aliphatic hydroxyl groups is 2. The Bertz CT molecular complexity index is 241. The first-order valence-electron chi connectivity index (χ1n) is 6.31. The van der Waals surface area contributed by atoms with E-state index in [1.54, 1.807) is 0 Å². The van der Waals surface area contributed by atoms with Crippen molar-refractivity contribution in [3.8, 4) is 0 Å². The molecule has 2 fully saturated rings. The fourth-order valence-corrected chi connectivity index (χ4v) is 3.80. The highest BCUT2D eigenvalue weighted by atomic mass is 16.3. The van der Waals surface area contributed by atoms with Gasteiger partial charge in [0.05, 0.1) is 12.2 Å². The van der Waals surface area contributed by atoms with Crippen LogP contribution in [-0.2, 0) is 0 Å². The Hall–Kier alpha value is -0.0800. The molecule has 0 amide bonds. The van der Waals surface area contributed by atoms with E-state index < -0.39 is 0 Å². The first-order valence-corrected chi connectivity index (χ1v) is 6.31. The third-order valence-electron chi connectivity index (χ3n) is 5.47. The number of rotatable bonds is 0. The smallest absolute Gasteiger partial charge is 0.0571 e. The zero-order valence-corrected chi connectivity index (χ0v) is 10.1. The van der Waals surface area contributed by atoms with E-state index in [9.17, 15) is 10.2 Å². The molecule has 2 aliphatic carbocycles. The molecule has 15 heavy (non-hydrogen) atoms. The third kappa shape index (κ3) is 1.72. The van der Waals surface area contributed by atoms with Crippen molar-refractivity contribution in [2.75, 3.05) is 0 Å². The Labute approximate surface area is 92.7 Å². The van der Waals surface area contributed by atoms with Gasteiger partial charge in [0, 0.05) is 0 Å². The molecule has 2 saturated carbocycles. The fourth-order valence-electron chi connectivity index (χ4n) is 3.80. The van der Waals surface area contributed by atoms with E-state index in [0.29, 0.717) is 23.2 Å². The summed E-state index contributed by atoms with van der Waals surface area (Å²) >= 11 is 0. The average molecular weight is 212 g/mol. The Morgan fingerprint density at radius 2 is 1.80 bits per heavy atom. The van der Waals surface area contributed by atoms with Crippen molar-refractivity contribution in [1.29, 1.82) is 0 Å². The lowest BCUT2D eigenvalue weighted by Gasteiger charge is -2.54.